The van der Waals surface area contributed by atoms with E-state index in [1.165, 1.54) is 22.9 Å². The number of rotatable bonds is 3. The lowest BCUT2D eigenvalue weighted by atomic mass is 10.3. The minimum absolute atomic E-state index is 0.00801. The summed E-state index contributed by atoms with van der Waals surface area (Å²) in [5.41, 5.74) is 0.262. The van der Waals surface area contributed by atoms with Crippen LogP contribution in [0.2, 0.25) is 0 Å². The predicted molar refractivity (Wildman–Crippen MR) is 80.3 cm³/mol. The number of sulfonamides is 1. The summed E-state index contributed by atoms with van der Waals surface area (Å²) in [7, 11) is -2.00. The number of hydrogen-bond donors (Lipinski definition) is 1. The van der Waals surface area contributed by atoms with E-state index in [9.17, 15) is 13.2 Å². The number of H-pyrrole nitrogens is 1. The van der Waals surface area contributed by atoms with E-state index in [1.807, 2.05) is 0 Å². The smallest absolute Gasteiger partial charge is 0.262 e. The molecule has 2 aromatic rings. The number of nitrogens with one attached hydrogen (secondary N) is 1. The van der Waals surface area contributed by atoms with Crippen molar-refractivity contribution in [2.75, 3.05) is 19.7 Å². The molecule has 0 amide bonds. The standard InChI is InChI=1S/C13H17N5O4S/c1-9-5-11(19)16-13(15-9)10-6-18(3-4-22-10)23(20,21)12-7-17(2)8-14-12/h5,7-8,10H,3-4,6H2,1-2H3,(H,15,16,19). The average molecular weight is 339 g/mol. The number of nitrogens with zero attached hydrogens (tertiary/aromatic N) is 4. The van der Waals surface area contributed by atoms with Crippen molar-refractivity contribution in [2.24, 2.45) is 7.05 Å². The van der Waals surface area contributed by atoms with Crippen molar-refractivity contribution in [3.63, 3.8) is 0 Å². The zero-order chi connectivity index (χ0) is 16.6. The summed E-state index contributed by atoms with van der Waals surface area (Å²) in [6, 6.07) is 1.37. The molecule has 9 nitrogen and oxygen atoms in total. The fourth-order valence-corrected chi connectivity index (χ4v) is 3.81. The molecular formula is C13H17N5O4S. The summed E-state index contributed by atoms with van der Waals surface area (Å²) in [5, 5.41) is -0.00801. The van der Waals surface area contributed by atoms with Gasteiger partial charge in [-0.3, -0.25) is 4.79 Å². The van der Waals surface area contributed by atoms with E-state index in [0.29, 0.717) is 11.5 Å². The third-order valence-electron chi connectivity index (χ3n) is 3.51. The molecule has 2 aromatic heterocycles. The van der Waals surface area contributed by atoms with Crippen molar-refractivity contribution in [1.82, 2.24) is 23.8 Å². The van der Waals surface area contributed by atoms with E-state index in [4.69, 9.17) is 4.74 Å². The Labute approximate surface area is 133 Å². The maximum absolute atomic E-state index is 12.6. The Morgan fingerprint density at radius 2 is 2.22 bits per heavy atom. The third kappa shape index (κ3) is 3.19. The highest BCUT2D eigenvalue weighted by Crippen LogP contribution is 2.23. The van der Waals surface area contributed by atoms with Gasteiger partial charge in [0.05, 0.1) is 12.9 Å². The van der Waals surface area contributed by atoms with Crippen LogP contribution < -0.4 is 5.56 Å². The van der Waals surface area contributed by atoms with Gasteiger partial charge in [-0.25, -0.2) is 18.4 Å². The number of aromatic nitrogens is 4. The predicted octanol–water partition coefficient (Wildman–Crippen LogP) is -0.426. The van der Waals surface area contributed by atoms with Gasteiger partial charge in [-0.1, -0.05) is 0 Å². The molecule has 0 radical (unpaired) electrons. The van der Waals surface area contributed by atoms with Gasteiger partial charge in [0.1, 0.15) is 11.9 Å². The molecule has 1 aliphatic rings. The van der Waals surface area contributed by atoms with Gasteiger partial charge in [0.15, 0.2) is 5.03 Å². The second-order valence-corrected chi connectivity index (χ2v) is 7.26. The van der Waals surface area contributed by atoms with Crippen LogP contribution in [0.4, 0.5) is 0 Å². The Kier molecular flexibility index (Phi) is 4.04. The van der Waals surface area contributed by atoms with E-state index in [2.05, 4.69) is 15.0 Å². The summed E-state index contributed by atoms with van der Waals surface area (Å²) in [5.74, 6) is 0.330. The number of aromatic amines is 1. The van der Waals surface area contributed by atoms with Gasteiger partial charge < -0.3 is 14.3 Å². The first kappa shape index (κ1) is 15.8. The number of ether oxygens (including phenoxy) is 1. The average Bonchev–Trinajstić information content (AvgIpc) is 2.94. The molecule has 1 N–H and O–H groups in total. The van der Waals surface area contributed by atoms with Crippen molar-refractivity contribution in [3.05, 3.63) is 40.5 Å². The molecule has 1 saturated heterocycles. The van der Waals surface area contributed by atoms with Crippen LogP contribution in [0, 0.1) is 6.92 Å². The van der Waals surface area contributed by atoms with E-state index in [1.54, 1.807) is 18.5 Å². The summed E-state index contributed by atoms with van der Waals surface area (Å²) < 4.78 is 33.7. The molecule has 23 heavy (non-hydrogen) atoms. The molecule has 0 bridgehead atoms. The highest BCUT2D eigenvalue weighted by Gasteiger charge is 2.33. The highest BCUT2D eigenvalue weighted by atomic mass is 32.2. The Morgan fingerprint density at radius 3 is 2.87 bits per heavy atom. The van der Waals surface area contributed by atoms with Gasteiger partial charge in [0.2, 0.25) is 0 Å². The maximum Gasteiger partial charge on any atom is 0.262 e. The van der Waals surface area contributed by atoms with Gasteiger partial charge in [-0.15, -0.1) is 0 Å². The molecule has 1 fully saturated rings. The fourth-order valence-electron chi connectivity index (χ4n) is 2.42. The van der Waals surface area contributed by atoms with E-state index in [0.717, 1.165) is 0 Å². The van der Waals surface area contributed by atoms with Crippen LogP contribution in [-0.2, 0) is 21.8 Å². The summed E-state index contributed by atoms with van der Waals surface area (Å²) in [4.78, 5) is 22.3. The minimum Gasteiger partial charge on any atom is -0.368 e. The number of aryl methyl sites for hydroxylation is 2. The van der Waals surface area contributed by atoms with Crippen LogP contribution in [0.1, 0.15) is 17.6 Å². The van der Waals surface area contributed by atoms with Crippen molar-refractivity contribution < 1.29 is 13.2 Å². The Bertz CT molecular complexity index is 872. The van der Waals surface area contributed by atoms with Crippen molar-refractivity contribution in [1.29, 1.82) is 0 Å². The number of morpholine rings is 1. The molecule has 3 heterocycles. The van der Waals surface area contributed by atoms with Gasteiger partial charge in [-0.05, 0) is 6.92 Å². The summed E-state index contributed by atoms with van der Waals surface area (Å²) in [6.07, 6.45) is 2.27. The summed E-state index contributed by atoms with van der Waals surface area (Å²) >= 11 is 0. The van der Waals surface area contributed by atoms with Gasteiger partial charge in [0.25, 0.3) is 15.6 Å². The van der Waals surface area contributed by atoms with Crippen molar-refractivity contribution in [3.8, 4) is 0 Å². The first-order valence-corrected chi connectivity index (χ1v) is 8.48. The minimum atomic E-state index is -3.70. The quantitative estimate of drug-likeness (QED) is 0.813. The topological polar surface area (TPSA) is 110 Å². The van der Waals surface area contributed by atoms with Crippen LogP contribution in [0.15, 0.2) is 28.4 Å². The lowest BCUT2D eigenvalue weighted by molar-refractivity contribution is -0.00780. The zero-order valence-electron chi connectivity index (χ0n) is 12.8. The lowest BCUT2D eigenvalue weighted by Gasteiger charge is -2.31. The Hall–Kier alpha value is -2.04. The van der Waals surface area contributed by atoms with Gasteiger partial charge in [0, 0.05) is 38.1 Å². The normalized spacial score (nSPS) is 19.8. The first-order valence-electron chi connectivity index (χ1n) is 7.04. The number of imidazole rings is 1. The number of hydrogen-bond acceptors (Lipinski definition) is 6. The molecule has 1 unspecified atom stereocenters. The van der Waals surface area contributed by atoms with Crippen LogP contribution in [-0.4, -0.2) is 51.9 Å². The van der Waals surface area contributed by atoms with Crippen LogP contribution in [0.5, 0.6) is 0 Å². The fraction of sp³-hybridized carbons (Fsp3) is 0.462. The SMILES string of the molecule is Cc1cc(=O)[nH]c(C2CN(S(=O)(=O)c3cn(C)cn3)CCO2)n1. The van der Waals surface area contributed by atoms with E-state index in [-0.39, 0.29) is 30.3 Å². The first-order chi connectivity index (χ1) is 10.9. The van der Waals surface area contributed by atoms with Crippen molar-refractivity contribution in [2.45, 2.75) is 18.1 Å². The molecule has 124 valence electrons. The van der Waals surface area contributed by atoms with E-state index >= 15 is 0 Å². The van der Waals surface area contributed by atoms with Gasteiger partial charge in [-0.2, -0.15) is 4.31 Å². The molecule has 1 atom stereocenters. The van der Waals surface area contributed by atoms with Crippen LogP contribution >= 0.6 is 0 Å². The summed E-state index contributed by atoms with van der Waals surface area (Å²) in [6.45, 7) is 2.22. The van der Waals surface area contributed by atoms with Crippen LogP contribution in [0.25, 0.3) is 0 Å². The molecular weight excluding hydrogens is 322 g/mol. The van der Waals surface area contributed by atoms with Crippen LogP contribution in [0.3, 0.4) is 0 Å². The molecule has 0 aromatic carbocycles. The Morgan fingerprint density at radius 1 is 1.43 bits per heavy atom. The molecule has 10 heteroatoms. The second-order valence-electron chi connectivity index (χ2n) is 5.37. The lowest BCUT2D eigenvalue weighted by Crippen LogP contribution is -2.43. The van der Waals surface area contributed by atoms with Crippen molar-refractivity contribution >= 4 is 10.0 Å². The molecule has 0 aliphatic carbocycles. The maximum atomic E-state index is 12.6. The molecule has 0 spiro atoms. The molecule has 0 saturated carbocycles. The third-order valence-corrected chi connectivity index (χ3v) is 5.26. The van der Waals surface area contributed by atoms with Gasteiger partial charge >= 0.3 is 0 Å². The largest absolute Gasteiger partial charge is 0.368 e. The Balaban J connectivity index is 1.87. The monoisotopic (exact) mass is 339 g/mol. The molecule has 3 rings (SSSR count). The highest BCUT2D eigenvalue weighted by molar-refractivity contribution is 7.89. The zero-order valence-corrected chi connectivity index (χ0v) is 13.6. The molecule has 1 aliphatic heterocycles. The second kappa shape index (κ2) is 5.87. The van der Waals surface area contributed by atoms with E-state index < -0.39 is 16.1 Å².